The van der Waals surface area contributed by atoms with Crippen molar-refractivity contribution < 1.29 is 17.7 Å². The Kier molecular flexibility index (Phi) is 5.07. The van der Waals surface area contributed by atoms with Crippen LogP contribution in [-0.4, -0.2) is 18.1 Å². The van der Waals surface area contributed by atoms with E-state index in [1.54, 1.807) is 23.7 Å². The van der Waals surface area contributed by atoms with Crippen LogP contribution in [0.15, 0.2) is 30.3 Å². The molecule has 4 nitrogen and oxygen atoms in total. The molecule has 0 N–H and O–H groups in total. The average molecular weight is 335 g/mol. The van der Waals surface area contributed by atoms with E-state index in [1.165, 1.54) is 6.07 Å². The molecule has 0 spiro atoms. The lowest BCUT2D eigenvalue weighted by atomic mass is 10.1. The molecule has 0 amide bonds. The molecule has 0 saturated carbocycles. The molecule has 0 fully saturated rings. The number of nitriles is 1. The van der Waals surface area contributed by atoms with Gasteiger partial charge in [0.1, 0.15) is 0 Å². The molecule has 0 unspecified atom stereocenters. The summed E-state index contributed by atoms with van der Waals surface area (Å²) in [6.45, 7) is 5.36. The number of rotatable bonds is 4. The molecule has 126 valence electrons. The number of halogens is 3. The van der Waals surface area contributed by atoms with Crippen molar-refractivity contribution in [2.24, 2.45) is 7.05 Å². The van der Waals surface area contributed by atoms with Gasteiger partial charge in [0.05, 0.1) is 31.8 Å². The van der Waals surface area contributed by atoms with Crippen LogP contribution in [0.4, 0.5) is 19.0 Å². The second-order valence-corrected chi connectivity index (χ2v) is 5.24. The van der Waals surface area contributed by atoms with Crippen molar-refractivity contribution in [3.8, 4) is 17.3 Å². The van der Waals surface area contributed by atoms with Gasteiger partial charge < -0.3 is 0 Å². The van der Waals surface area contributed by atoms with E-state index in [1.807, 2.05) is 24.8 Å². The van der Waals surface area contributed by atoms with E-state index in [4.69, 9.17) is 0 Å². The average Bonchev–Trinajstić information content (AvgIpc) is 2.56. The van der Waals surface area contributed by atoms with Gasteiger partial charge >= 0.3 is 12.0 Å². The number of hydrogen-bond acceptors (Lipinski definition) is 3. The number of anilines is 1. The highest BCUT2D eigenvalue weighted by Crippen LogP contribution is 2.32. The maximum Gasteiger partial charge on any atom is 0.416 e. The first-order valence-corrected chi connectivity index (χ1v) is 7.55. The van der Waals surface area contributed by atoms with E-state index in [0.29, 0.717) is 24.3 Å². The lowest BCUT2D eigenvalue weighted by Gasteiger charge is -2.18. The van der Waals surface area contributed by atoms with Crippen molar-refractivity contribution >= 4 is 5.82 Å². The SMILES string of the molecule is CCN(CC)c1cc(-c2cccc(C(F)(F)F)c2)nc(C#N)[n+]1C. The molecular weight excluding hydrogens is 317 g/mol. The van der Waals surface area contributed by atoms with E-state index < -0.39 is 11.7 Å². The molecule has 2 rings (SSSR count). The molecular formula is C17H18F3N4+. The smallest absolute Gasteiger partial charge is 0.293 e. The van der Waals surface area contributed by atoms with Crippen LogP contribution < -0.4 is 9.47 Å². The zero-order chi connectivity index (χ0) is 17.9. The van der Waals surface area contributed by atoms with Gasteiger partial charge in [-0.2, -0.15) is 18.4 Å². The van der Waals surface area contributed by atoms with Crippen molar-refractivity contribution in [2.75, 3.05) is 18.0 Å². The molecule has 0 aliphatic rings. The fourth-order valence-corrected chi connectivity index (χ4v) is 2.50. The monoisotopic (exact) mass is 335 g/mol. The highest BCUT2D eigenvalue weighted by Gasteiger charge is 2.31. The van der Waals surface area contributed by atoms with E-state index in [-0.39, 0.29) is 5.82 Å². The van der Waals surface area contributed by atoms with Crippen molar-refractivity contribution in [2.45, 2.75) is 20.0 Å². The predicted octanol–water partition coefficient (Wildman–Crippen LogP) is 3.31. The second kappa shape index (κ2) is 6.87. The Bertz CT molecular complexity index is 774. The van der Waals surface area contributed by atoms with Gasteiger partial charge in [0.2, 0.25) is 5.82 Å². The van der Waals surface area contributed by atoms with Crippen molar-refractivity contribution in [3.05, 3.63) is 41.7 Å². The molecule has 24 heavy (non-hydrogen) atoms. The quantitative estimate of drug-likeness (QED) is 0.805. The summed E-state index contributed by atoms with van der Waals surface area (Å²) < 4.78 is 40.4. The Hall–Kier alpha value is -2.62. The largest absolute Gasteiger partial charge is 0.416 e. The van der Waals surface area contributed by atoms with Crippen molar-refractivity contribution in [1.82, 2.24) is 4.98 Å². The van der Waals surface area contributed by atoms with Crippen LogP contribution >= 0.6 is 0 Å². The molecule has 0 radical (unpaired) electrons. The van der Waals surface area contributed by atoms with Crippen molar-refractivity contribution in [1.29, 1.82) is 5.26 Å². The van der Waals surface area contributed by atoms with Crippen LogP contribution in [-0.2, 0) is 13.2 Å². The molecule has 0 aliphatic carbocycles. The Morgan fingerprint density at radius 2 is 1.88 bits per heavy atom. The van der Waals surface area contributed by atoms with Gasteiger partial charge in [-0.05, 0) is 26.0 Å². The number of nitrogens with zero attached hydrogens (tertiary/aromatic N) is 4. The molecule has 1 heterocycles. The Balaban J connectivity index is 2.64. The summed E-state index contributed by atoms with van der Waals surface area (Å²) >= 11 is 0. The lowest BCUT2D eigenvalue weighted by molar-refractivity contribution is -0.664. The molecule has 1 aromatic carbocycles. The number of alkyl halides is 3. The zero-order valence-electron chi connectivity index (χ0n) is 13.7. The van der Waals surface area contributed by atoms with E-state index in [0.717, 1.165) is 18.0 Å². The van der Waals surface area contributed by atoms with Gasteiger partial charge in [-0.3, -0.25) is 4.90 Å². The molecule has 0 aliphatic heterocycles. The van der Waals surface area contributed by atoms with Crippen LogP contribution in [0.25, 0.3) is 11.3 Å². The third kappa shape index (κ3) is 3.48. The third-order valence-corrected chi connectivity index (χ3v) is 3.83. The van der Waals surface area contributed by atoms with Gasteiger partial charge in [-0.1, -0.05) is 17.1 Å². The number of aromatic nitrogens is 2. The van der Waals surface area contributed by atoms with Gasteiger partial charge in [0, 0.05) is 5.56 Å². The van der Waals surface area contributed by atoms with Gasteiger partial charge in [-0.25, -0.2) is 4.57 Å². The molecule has 0 saturated heterocycles. The van der Waals surface area contributed by atoms with E-state index in [9.17, 15) is 18.4 Å². The number of benzene rings is 1. The molecule has 7 heteroatoms. The minimum atomic E-state index is -4.42. The first-order valence-electron chi connectivity index (χ1n) is 7.55. The van der Waals surface area contributed by atoms with Crippen LogP contribution in [0.1, 0.15) is 25.2 Å². The van der Waals surface area contributed by atoms with Crippen LogP contribution in [0.5, 0.6) is 0 Å². The highest BCUT2D eigenvalue weighted by atomic mass is 19.4. The van der Waals surface area contributed by atoms with Crippen LogP contribution in [0, 0.1) is 11.3 Å². The summed E-state index contributed by atoms with van der Waals surface area (Å²) in [6, 6.07) is 8.68. The summed E-state index contributed by atoms with van der Waals surface area (Å²) in [6.07, 6.45) is -4.42. The molecule has 2 aromatic rings. The fourth-order valence-electron chi connectivity index (χ4n) is 2.50. The number of hydrogen-bond donors (Lipinski definition) is 0. The topological polar surface area (TPSA) is 43.8 Å². The standard InChI is InChI=1S/C17H18F3N4/c1-4-24(5-2)16-10-14(22-15(11-21)23(16)3)12-7-6-8-13(9-12)17(18,19)20/h6-10H,4-5H2,1-3H3/q+1. The third-order valence-electron chi connectivity index (χ3n) is 3.83. The first kappa shape index (κ1) is 17.7. The normalized spacial score (nSPS) is 11.2. The Labute approximate surface area is 138 Å². The van der Waals surface area contributed by atoms with E-state index >= 15 is 0 Å². The molecule has 1 aromatic heterocycles. The van der Waals surface area contributed by atoms with Crippen LogP contribution in [0.3, 0.4) is 0 Å². The summed E-state index contributed by atoms with van der Waals surface area (Å²) in [7, 11) is 1.72. The zero-order valence-corrected chi connectivity index (χ0v) is 13.7. The Morgan fingerprint density at radius 1 is 1.21 bits per heavy atom. The maximum absolute atomic E-state index is 12.9. The summed E-state index contributed by atoms with van der Waals surface area (Å²) in [5.74, 6) is 0.880. The molecule has 0 bridgehead atoms. The minimum Gasteiger partial charge on any atom is -0.293 e. The maximum atomic E-state index is 12.9. The van der Waals surface area contributed by atoms with Gasteiger partial charge in [-0.15, -0.1) is 0 Å². The Morgan fingerprint density at radius 3 is 2.42 bits per heavy atom. The highest BCUT2D eigenvalue weighted by molar-refractivity contribution is 5.63. The van der Waals surface area contributed by atoms with Crippen LogP contribution in [0.2, 0.25) is 0 Å². The minimum absolute atomic E-state index is 0.145. The predicted molar refractivity (Wildman–Crippen MR) is 84.1 cm³/mol. The van der Waals surface area contributed by atoms with E-state index in [2.05, 4.69) is 4.98 Å². The van der Waals surface area contributed by atoms with Crippen molar-refractivity contribution in [3.63, 3.8) is 0 Å². The summed E-state index contributed by atoms with van der Waals surface area (Å²) in [5.41, 5.74) is -0.0640. The molecule has 0 atom stereocenters. The summed E-state index contributed by atoms with van der Waals surface area (Å²) in [4.78, 5) is 6.22. The summed E-state index contributed by atoms with van der Waals surface area (Å²) in [5, 5.41) is 9.29. The van der Waals surface area contributed by atoms with Gasteiger partial charge in [0.25, 0.3) is 0 Å². The fraction of sp³-hybridized carbons (Fsp3) is 0.353. The lowest BCUT2D eigenvalue weighted by Crippen LogP contribution is -2.42. The van der Waals surface area contributed by atoms with Gasteiger partial charge in [0.15, 0.2) is 11.8 Å². The first-order chi connectivity index (χ1) is 11.3. The second-order valence-electron chi connectivity index (χ2n) is 5.24.